The number of benzene rings is 2. The van der Waals surface area contributed by atoms with E-state index in [4.69, 9.17) is 11.5 Å². The summed E-state index contributed by atoms with van der Waals surface area (Å²) in [5.74, 6) is -2.91. The smallest absolute Gasteiger partial charge is 0.364 e. The molecule has 0 radical (unpaired) electrons. The SMILES string of the molecule is NCCn1nc2ccc(NC(=O)c3cc(F)cc(C(F)(F)F)c3)cc2c1C(N)=O. The second kappa shape index (κ2) is 7.51. The average molecular weight is 409 g/mol. The highest BCUT2D eigenvalue weighted by atomic mass is 19.4. The van der Waals surface area contributed by atoms with Crippen LogP contribution in [0.25, 0.3) is 10.9 Å². The summed E-state index contributed by atoms with van der Waals surface area (Å²) < 4.78 is 53.4. The van der Waals surface area contributed by atoms with Gasteiger partial charge >= 0.3 is 6.18 Å². The Hall–Kier alpha value is -3.47. The van der Waals surface area contributed by atoms with E-state index in [2.05, 4.69) is 10.4 Å². The van der Waals surface area contributed by atoms with Gasteiger partial charge in [0.1, 0.15) is 11.5 Å². The van der Waals surface area contributed by atoms with E-state index in [1.807, 2.05) is 0 Å². The number of carbonyl (C=O) groups excluding carboxylic acids is 2. The maximum absolute atomic E-state index is 13.5. The van der Waals surface area contributed by atoms with Crippen LogP contribution in [-0.4, -0.2) is 28.1 Å². The number of hydrogen-bond acceptors (Lipinski definition) is 4. The lowest BCUT2D eigenvalue weighted by atomic mass is 10.1. The van der Waals surface area contributed by atoms with Crippen molar-refractivity contribution in [3.63, 3.8) is 0 Å². The van der Waals surface area contributed by atoms with Crippen molar-refractivity contribution in [2.45, 2.75) is 12.7 Å². The lowest BCUT2D eigenvalue weighted by molar-refractivity contribution is -0.137. The molecular formula is C18H15F4N5O2. The second-order valence-electron chi connectivity index (χ2n) is 6.14. The van der Waals surface area contributed by atoms with Crippen molar-refractivity contribution in [3.8, 4) is 0 Å². The maximum Gasteiger partial charge on any atom is 0.416 e. The maximum atomic E-state index is 13.5. The molecule has 0 bridgehead atoms. The average Bonchev–Trinajstić information content (AvgIpc) is 2.98. The molecule has 0 aliphatic rings. The number of halogens is 4. The van der Waals surface area contributed by atoms with Crippen molar-refractivity contribution >= 4 is 28.4 Å². The first-order valence-electron chi connectivity index (χ1n) is 8.29. The fourth-order valence-electron chi connectivity index (χ4n) is 2.84. The number of anilines is 1. The summed E-state index contributed by atoms with van der Waals surface area (Å²) >= 11 is 0. The molecule has 3 rings (SSSR count). The minimum absolute atomic E-state index is 0.0756. The summed E-state index contributed by atoms with van der Waals surface area (Å²) in [7, 11) is 0. The molecule has 1 aromatic heterocycles. The fraction of sp³-hybridized carbons (Fsp3) is 0.167. The summed E-state index contributed by atoms with van der Waals surface area (Å²) in [5.41, 5.74) is 9.74. The van der Waals surface area contributed by atoms with Crippen molar-refractivity contribution in [2.24, 2.45) is 11.5 Å². The van der Waals surface area contributed by atoms with Gasteiger partial charge in [0.15, 0.2) is 0 Å². The molecule has 5 N–H and O–H groups in total. The Kier molecular flexibility index (Phi) is 5.25. The molecule has 0 saturated carbocycles. The standard InChI is InChI=1S/C18H15F4N5O2/c19-11-6-9(5-10(7-11)18(20,21)22)17(29)25-12-1-2-14-13(8-12)15(16(24)28)27(26-14)4-3-23/h1-2,5-8H,3-4,23H2,(H2,24,28)(H,25,29). The number of aromatic nitrogens is 2. The number of fused-ring (bicyclic) bond motifs is 1. The Bertz CT molecular complexity index is 1110. The zero-order valence-corrected chi connectivity index (χ0v) is 14.8. The number of amides is 2. The largest absolute Gasteiger partial charge is 0.416 e. The van der Waals surface area contributed by atoms with E-state index in [9.17, 15) is 27.2 Å². The van der Waals surface area contributed by atoms with E-state index in [-0.39, 0.29) is 24.5 Å². The van der Waals surface area contributed by atoms with Gasteiger partial charge in [0.2, 0.25) is 0 Å². The summed E-state index contributed by atoms with van der Waals surface area (Å²) in [6.07, 6.45) is -4.80. The summed E-state index contributed by atoms with van der Waals surface area (Å²) in [6.45, 7) is 0.442. The zero-order valence-electron chi connectivity index (χ0n) is 14.8. The van der Waals surface area contributed by atoms with Crippen LogP contribution in [0, 0.1) is 5.82 Å². The van der Waals surface area contributed by atoms with Crippen molar-refractivity contribution in [3.05, 3.63) is 59.0 Å². The Morgan fingerprint density at radius 2 is 1.86 bits per heavy atom. The Morgan fingerprint density at radius 3 is 2.48 bits per heavy atom. The monoisotopic (exact) mass is 409 g/mol. The number of alkyl halides is 3. The number of hydrogen-bond donors (Lipinski definition) is 3. The van der Waals surface area contributed by atoms with Crippen LogP contribution in [0.5, 0.6) is 0 Å². The molecule has 11 heteroatoms. The topological polar surface area (TPSA) is 116 Å². The van der Waals surface area contributed by atoms with Crippen molar-refractivity contribution in [1.29, 1.82) is 0 Å². The molecular weight excluding hydrogens is 394 g/mol. The number of nitrogens with one attached hydrogen (secondary N) is 1. The molecule has 2 amide bonds. The Balaban J connectivity index is 1.96. The molecule has 0 aliphatic heterocycles. The van der Waals surface area contributed by atoms with Crippen molar-refractivity contribution in [1.82, 2.24) is 9.78 Å². The van der Waals surface area contributed by atoms with E-state index < -0.39 is 34.9 Å². The number of rotatable bonds is 5. The Morgan fingerprint density at radius 1 is 1.14 bits per heavy atom. The predicted molar refractivity (Wildman–Crippen MR) is 96.7 cm³/mol. The van der Waals surface area contributed by atoms with Crippen molar-refractivity contribution < 1.29 is 27.2 Å². The van der Waals surface area contributed by atoms with E-state index >= 15 is 0 Å². The third-order valence-electron chi connectivity index (χ3n) is 4.06. The third kappa shape index (κ3) is 4.19. The highest BCUT2D eigenvalue weighted by molar-refractivity contribution is 6.08. The molecule has 0 fully saturated rings. The normalized spacial score (nSPS) is 11.6. The van der Waals surface area contributed by atoms with Crippen LogP contribution in [0.3, 0.4) is 0 Å². The van der Waals surface area contributed by atoms with Crippen LogP contribution >= 0.6 is 0 Å². The van der Waals surface area contributed by atoms with Gasteiger partial charge in [-0.15, -0.1) is 0 Å². The first-order valence-corrected chi connectivity index (χ1v) is 8.29. The van der Waals surface area contributed by atoms with Crippen molar-refractivity contribution in [2.75, 3.05) is 11.9 Å². The van der Waals surface area contributed by atoms with Crippen LogP contribution in [-0.2, 0) is 12.7 Å². The van der Waals surface area contributed by atoms with E-state index in [0.717, 1.165) is 0 Å². The first-order chi connectivity index (χ1) is 13.6. The fourth-order valence-corrected chi connectivity index (χ4v) is 2.84. The molecule has 3 aromatic rings. The van der Waals surface area contributed by atoms with Gasteiger partial charge < -0.3 is 16.8 Å². The number of primary amides is 1. The highest BCUT2D eigenvalue weighted by Gasteiger charge is 2.32. The summed E-state index contributed by atoms with van der Waals surface area (Å²) in [6, 6.07) is 5.87. The molecule has 0 aliphatic carbocycles. The van der Waals surface area contributed by atoms with Gasteiger partial charge in [-0.3, -0.25) is 14.3 Å². The van der Waals surface area contributed by atoms with Gasteiger partial charge in [0.05, 0.1) is 17.6 Å². The van der Waals surface area contributed by atoms with E-state index in [0.29, 0.717) is 29.1 Å². The molecule has 1 heterocycles. The minimum atomic E-state index is -4.80. The van der Waals surface area contributed by atoms with Gasteiger partial charge in [-0.05, 0) is 36.4 Å². The van der Waals surface area contributed by atoms with Crippen LogP contribution in [0.4, 0.5) is 23.2 Å². The van der Waals surface area contributed by atoms with Crippen LogP contribution < -0.4 is 16.8 Å². The molecule has 7 nitrogen and oxygen atoms in total. The van der Waals surface area contributed by atoms with E-state index in [1.165, 1.54) is 22.9 Å². The van der Waals surface area contributed by atoms with Crippen LogP contribution in [0.15, 0.2) is 36.4 Å². The van der Waals surface area contributed by atoms with Gasteiger partial charge in [-0.1, -0.05) is 0 Å². The zero-order chi connectivity index (χ0) is 21.3. The molecule has 0 unspecified atom stereocenters. The highest BCUT2D eigenvalue weighted by Crippen LogP contribution is 2.31. The predicted octanol–water partition coefficient (Wildman–Crippen LogP) is 2.50. The second-order valence-corrected chi connectivity index (χ2v) is 6.14. The minimum Gasteiger partial charge on any atom is -0.364 e. The molecule has 2 aromatic carbocycles. The van der Waals surface area contributed by atoms with Crippen LogP contribution in [0.1, 0.15) is 26.4 Å². The van der Waals surface area contributed by atoms with Gasteiger partial charge in [0, 0.05) is 23.2 Å². The third-order valence-corrected chi connectivity index (χ3v) is 4.06. The molecule has 0 atom stereocenters. The summed E-state index contributed by atoms with van der Waals surface area (Å²) in [4.78, 5) is 24.1. The van der Waals surface area contributed by atoms with Gasteiger partial charge in [0.25, 0.3) is 11.8 Å². The number of carbonyl (C=O) groups is 2. The lowest BCUT2D eigenvalue weighted by Crippen LogP contribution is -2.21. The number of nitrogens with two attached hydrogens (primary N) is 2. The summed E-state index contributed by atoms with van der Waals surface area (Å²) in [5, 5.41) is 6.91. The Labute approximate surface area is 161 Å². The van der Waals surface area contributed by atoms with Crippen LogP contribution in [0.2, 0.25) is 0 Å². The molecule has 152 valence electrons. The van der Waals surface area contributed by atoms with Gasteiger partial charge in [-0.2, -0.15) is 18.3 Å². The molecule has 0 spiro atoms. The quantitative estimate of drug-likeness (QED) is 0.562. The molecule has 0 saturated heterocycles. The molecule has 29 heavy (non-hydrogen) atoms. The lowest BCUT2D eigenvalue weighted by Gasteiger charge is -2.10. The van der Waals surface area contributed by atoms with E-state index in [1.54, 1.807) is 0 Å². The number of nitrogens with zero attached hydrogens (tertiary/aromatic N) is 2. The first kappa shape index (κ1) is 20.3. The van der Waals surface area contributed by atoms with Gasteiger partial charge in [-0.25, -0.2) is 4.39 Å².